The second kappa shape index (κ2) is 9.09. The Bertz CT molecular complexity index is 1140. The molecule has 3 aromatic rings. The number of amides is 2. The van der Waals surface area contributed by atoms with E-state index >= 15 is 0 Å². The van der Waals surface area contributed by atoms with Crippen LogP contribution in [0, 0.1) is 5.82 Å². The number of alkyl halides is 3. The van der Waals surface area contributed by atoms with Gasteiger partial charge in [-0.05, 0) is 36.4 Å². The maximum Gasteiger partial charge on any atom is 0.416 e. The van der Waals surface area contributed by atoms with Crippen LogP contribution in [-0.2, 0) is 15.8 Å². The van der Waals surface area contributed by atoms with Gasteiger partial charge in [-0.2, -0.15) is 13.2 Å². The van der Waals surface area contributed by atoms with E-state index in [2.05, 4.69) is 10.3 Å². The summed E-state index contributed by atoms with van der Waals surface area (Å²) in [7, 11) is 0. The van der Waals surface area contributed by atoms with Crippen molar-refractivity contribution in [1.29, 1.82) is 0 Å². The minimum Gasteiger partial charge on any atom is -0.320 e. The smallest absolute Gasteiger partial charge is 0.320 e. The first kappa shape index (κ1) is 22.2. The summed E-state index contributed by atoms with van der Waals surface area (Å²) in [6.07, 6.45) is -2.07. The van der Waals surface area contributed by atoms with E-state index in [9.17, 15) is 27.2 Å². The highest BCUT2D eigenvalue weighted by molar-refractivity contribution is 7.14. The Morgan fingerprint density at radius 3 is 2.55 bits per heavy atom. The molecule has 1 N–H and O–H groups in total. The van der Waals surface area contributed by atoms with Crippen molar-refractivity contribution < 1.29 is 27.2 Å². The average Bonchev–Trinajstić information content (AvgIpc) is 3.16. The van der Waals surface area contributed by atoms with Gasteiger partial charge < -0.3 is 5.32 Å². The molecule has 31 heavy (non-hydrogen) atoms. The Morgan fingerprint density at radius 1 is 1.13 bits per heavy atom. The lowest BCUT2D eigenvalue weighted by molar-refractivity contribution is -0.137. The van der Waals surface area contributed by atoms with Crippen molar-refractivity contribution in [1.82, 2.24) is 4.98 Å². The Balaban J connectivity index is 1.79. The molecule has 0 atom stereocenters. The van der Waals surface area contributed by atoms with E-state index in [0.717, 1.165) is 34.4 Å². The van der Waals surface area contributed by atoms with Gasteiger partial charge in [0.15, 0.2) is 5.13 Å². The van der Waals surface area contributed by atoms with Crippen molar-refractivity contribution in [2.75, 3.05) is 10.2 Å². The van der Waals surface area contributed by atoms with Crippen molar-refractivity contribution in [3.05, 3.63) is 77.1 Å². The average molecular weight is 449 g/mol. The molecule has 2 aromatic carbocycles. The van der Waals surface area contributed by atoms with Crippen LogP contribution >= 0.6 is 11.3 Å². The number of thiazole rings is 1. The topological polar surface area (TPSA) is 62.3 Å². The number of hydrogen-bond acceptors (Lipinski definition) is 4. The fourth-order valence-electron chi connectivity index (χ4n) is 2.60. The van der Waals surface area contributed by atoms with Crippen LogP contribution in [0.25, 0.3) is 6.08 Å². The standard InChI is InChI=1S/C21H15F4N3O2S/c1-13(29)28(16-6-4-5-14(11-16)21(23,24)25)20-26-15(12-31-20)9-10-19(30)27-18-8-3-2-7-17(18)22/h2-12H,1H3,(H,27,30)/b10-9+. The van der Waals surface area contributed by atoms with Gasteiger partial charge in [-0.15, -0.1) is 11.3 Å². The van der Waals surface area contributed by atoms with Gasteiger partial charge in [-0.1, -0.05) is 18.2 Å². The van der Waals surface area contributed by atoms with Gasteiger partial charge >= 0.3 is 6.18 Å². The van der Waals surface area contributed by atoms with Gasteiger partial charge in [0.1, 0.15) is 5.82 Å². The fourth-order valence-corrected chi connectivity index (χ4v) is 3.46. The molecule has 0 unspecified atom stereocenters. The summed E-state index contributed by atoms with van der Waals surface area (Å²) in [6.45, 7) is 1.21. The molecule has 3 rings (SSSR count). The van der Waals surface area contributed by atoms with E-state index in [1.54, 1.807) is 6.07 Å². The molecular formula is C21H15F4N3O2S. The van der Waals surface area contributed by atoms with Crippen LogP contribution in [-0.4, -0.2) is 16.8 Å². The van der Waals surface area contributed by atoms with E-state index in [-0.39, 0.29) is 16.5 Å². The van der Waals surface area contributed by atoms with Gasteiger partial charge in [0, 0.05) is 18.4 Å². The maximum absolute atomic E-state index is 13.6. The molecule has 1 heterocycles. The Kier molecular flexibility index (Phi) is 6.50. The van der Waals surface area contributed by atoms with E-state index in [0.29, 0.717) is 5.69 Å². The molecule has 0 bridgehead atoms. The third kappa shape index (κ3) is 5.54. The molecule has 160 valence electrons. The predicted molar refractivity (Wildman–Crippen MR) is 110 cm³/mol. The summed E-state index contributed by atoms with van der Waals surface area (Å²) in [6, 6.07) is 10.0. The van der Waals surface area contributed by atoms with Crippen molar-refractivity contribution in [2.45, 2.75) is 13.1 Å². The minimum atomic E-state index is -4.55. The zero-order chi connectivity index (χ0) is 22.6. The lowest BCUT2D eigenvalue weighted by Gasteiger charge is -2.19. The second-order valence-corrected chi connectivity index (χ2v) is 7.10. The molecule has 0 saturated heterocycles. The van der Waals surface area contributed by atoms with E-state index in [4.69, 9.17) is 0 Å². The highest BCUT2D eigenvalue weighted by Gasteiger charge is 2.31. The number of carbonyl (C=O) groups excluding carboxylic acids is 2. The van der Waals surface area contributed by atoms with Gasteiger partial charge in [-0.25, -0.2) is 9.37 Å². The zero-order valence-electron chi connectivity index (χ0n) is 16.0. The Hall–Kier alpha value is -3.53. The van der Waals surface area contributed by atoms with Gasteiger partial charge in [0.05, 0.1) is 22.6 Å². The number of benzene rings is 2. The first-order valence-electron chi connectivity index (χ1n) is 8.82. The molecular weight excluding hydrogens is 434 g/mol. The summed E-state index contributed by atoms with van der Waals surface area (Å²) in [4.78, 5) is 29.3. The van der Waals surface area contributed by atoms with Crippen molar-refractivity contribution in [2.24, 2.45) is 0 Å². The van der Waals surface area contributed by atoms with Crippen LogP contribution < -0.4 is 10.2 Å². The van der Waals surface area contributed by atoms with Crippen LogP contribution in [0.1, 0.15) is 18.2 Å². The van der Waals surface area contributed by atoms with Gasteiger partial charge in [0.25, 0.3) is 0 Å². The molecule has 0 spiro atoms. The third-order valence-corrected chi connectivity index (χ3v) is 4.83. The lowest BCUT2D eigenvalue weighted by atomic mass is 10.2. The largest absolute Gasteiger partial charge is 0.416 e. The molecule has 0 fully saturated rings. The molecule has 5 nitrogen and oxygen atoms in total. The quantitative estimate of drug-likeness (QED) is 0.405. The van der Waals surface area contributed by atoms with Crippen LogP contribution in [0.15, 0.2) is 60.0 Å². The predicted octanol–water partition coefficient (Wildman–Crippen LogP) is 5.64. The Morgan fingerprint density at radius 2 is 1.87 bits per heavy atom. The molecule has 0 aliphatic heterocycles. The maximum atomic E-state index is 13.6. The van der Waals surface area contributed by atoms with Crippen molar-refractivity contribution >= 4 is 45.7 Å². The summed E-state index contributed by atoms with van der Waals surface area (Å²) >= 11 is 1.02. The molecule has 10 heteroatoms. The zero-order valence-corrected chi connectivity index (χ0v) is 16.8. The SMILES string of the molecule is CC(=O)N(c1cccc(C(F)(F)F)c1)c1nc(/C=C/C(=O)Nc2ccccc2F)cs1. The molecule has 1 aromatic heterocycles. The number of rotatable bonds is 5. The van der Waals surface area contributed by atoms with Crippen LogP contribution in [0.4, 0.5) is 34.1 Å². The summed E-state index contributed by atoms with van der Waals surface area (Å²) in [5.74, 6) is -1.71. The minimum absolute atomic E-state index is 0.0171. The first-order valence-corrected chi connectivity index (χ1v) is 9.70. The Labute approximate surface area is 178 Å². The summed E-state index contributed by atoms with van der Waals surface area (Å²) in [5.41, 5.74) is -0.549. The van der Waals surface area contributed by atoms with E-state index < -0.39 is 29.4 Å². The molecule has 0 radical (unpaired) electrons. The van der Waals surface area contributed by atoms with Crippen LogP contribution in [0.2, 0.25) is 0 Å². The number of carbonyl (C=O) groups is 2. The van der Waals surface area contributed by atoms with Crippen LogP contribution in [0.3, 0.4) is 0 Å². The second-order valence-electron chi connectivity index (χ2n) is 6.26. The van der Waals surface area contributed by atoms with Crippen molar-refractivity contribution in [3.8, 4) is 0 Å². The molecule has 0 aliphatic carbocycles. The lowest BCUT2D eigenvalue weighted by Crippen LogP contribution is -2.23. The fraction of sp³-hybridized carbons (Fsp3) is 0.0952. The number of halogens is 4. The number of hydrogen-bond donors (Lipinski definition) is 1. The summed E-state index contributed by atoms with van der Waals surface area (Å²) < 4.78 is 52.6. The van der Waals surface area contributed by atoms with Gasteiger partial charge in [-0.3, -0.25) is 14.5 Å². The van der Waals surface area contributed by atoms with Crippen molar-refractivity contribution in [3.63, 3.8) is 0 Å². The molecule has 0 saturated carbocycles. The third-order valence-electron chi connectivity index (χ3n) is 3.98. The molecule has 0 aliphatic rings. The van der Waals surface area contributed by atoms with E-state index in [1.807, 2.05) is 0 Å². The highest BCUT2D eigenvalue weighted by atomic mass is 32.1. The number of para-hydroxylation sites is 1. The highest BCUT2D eigenvalue weighted by Crippen LogP contribution is 2.35. The van der Waals surface area contributed by atoms with Crippen LogP contribution in [0.5, 0.6) is 0 Å². The number of nitrogens with one attached hydrogen (secondary N) is 1. The van der Waals surface area contributed by atoms with E-state index in [1.165, 1.54) is 48.7 Å². The monoisotopic (exact) mass is 449 g/mol. The summed E-state index contributed by atoms with van der Waals surface area (Å²) in [5, 5.41) is 4.05. The number of anilines is 3. The van der Waals surface area contributed by atoms with Gasteiger partial charge in [0.2, 0.25) is 11.8 Å². The first-order chi connectivity index (χ1) is 14.6. The molecule has 2 amide bonds. The normalized spacial score (nSPS) is 11.5. The number of nitrogens with zero attached hydrogens (tertiary/aromatic N) is 2. The number of aromatic nitrogens is 1.